The van der Waals surface area contributed by atoms with Gasteiger partial charge in [-0.25, -0.2) is 13.1 Å². The van der Waals surface area contributed by atoms with Crippen LogP contribution >= 0.6 is 0 Å². The van der Waals surface area contributed by atoms with Crippen LogP contribution in [-0.4, -0.2) is 13.4 Å². The first kappa shape index (κ1) is 16.6. The van der Waals surface area contributed by atoms with E-state index in [9.17, 15) is 8.42 Å². The van der Waals surface area contributed by atoms with Crippen LogP contribution in [0.3, 0.4) is 0 Å². The van der Waals surface area contributed by atoms with E-state index in [-0.39, 0.29) is 16.9 Å². The summed E-state index contributed by atoms with van der Waals surface area (Å²) in [6.45, 7) is 6.61. The number of rotatable bonds is 6. The molecule has 0 unspecified atom stereocenters. The number of nitrogens with one attached hydrogen (secondary N) is 1. The second-order valence-corrected chi connectivity index (χ2v) is 7.67. The van der Waals surface area contributed by atoms with Gasteiger partial charge in [0, 0.05) is 6.20 Å². The Hall–Kier alpha value is -1.72. The highest BCUT2D eigenvalue weighted by molar-refractivity contribution is 7.89. The van der Waals surface area contributed by atoms with Gasteiger partial charge in [0.25, 0.3) is 0 Å². The van der Waals surface area contributed by atoms with E-state index < -0.39 is 10.0 Å². The van der Waals surface area contributed by atoms with Gasteiger partial charge in [-0.1, -0.05) is 39.0 Å². The first-order valence-corrected chi connectivity index (χ1v) is 8.83. The monoisotopic (exact) mass is 318 g/mol. The molecule has 4 nitrogen and oxygen atoms in total. The van der Waals surface area contributed by atoms with Gasteiger partial charge in [-0.2, -0.15) is 0 Å². The molecule has 0 aliphatic heterocycles. The molecule has 0 aliphatic carbocycles. The van der Waals surface area contributed by atoms with Gasteiger partial charge >= 0.3 is 0 Å². The van der Waals surface area contributed by atoms with Crippen LogP contribution in [0.15, 0.2) is 53.6 Å². The van der Waals surface area contributed by atoms with Crippen molar-refractivity contribution in [2.75, 3.05) is 0 Å². The Labute approximate surface area is 132 Å². The van der Waals surface area contributed by atoms with Crippen LogP contribution in [0.5, 0.6) is 0 Å². The molecule has 1 aromatic heterocycles. The Morgan fingerprint density at radius 3 is 2.32 bits per heavy atom. The number of aromatic nitrogens is 1. The van der Waals surface area contributed by atoms with E-state index in [0.717, 1.165) is 12.0 Å². The van der Waals surface area contributed by atoms with Crippen LogP contribution in [-0.2, 0) is 22.0 Å². The Morgan fingerprint density at radius 2 is 1.77 bits per heavy atom. The van der Waals surface area contributed by atoms with E-state index in [1.165, 1.54) is 0 Å². The predicted octanol–water partition coefficient (Wildman–Crippen LogP) is 3.25. The Balaban J connectivity index is 2.13. The van der Waals surface area contributed by atoms with Crippen molar-refractivity contribution in [3.63, 3.8) is 0 Å². The van der Waals surface area contributed by atoms with Gasteiger partial charge in [-0.05, 0) is 41.7 Å². The molecule has 2 rings (SSSR count). The fraction of sp³-hybridized carbons (Fsp3) is 0.353. The number of benzene rings is 1. The second kappa shape index (κ2) is 6.58. The lowest BCUT2D eigenvalue weighted by Gasteiger charge is -2.23. The molecule has 0 bridgehead atoms. The molecule has 0 saturated carbocycles. The van der Waals surface area contributed by atoms with Crippen molar-refractivity contribution in [1.82, 2.24) is 9.71 Å². The Bertz CT molecular complexity index is 708. The minimum absolute atomic E-state index is 0.0453. The molecule has 0 aliphatic rings. The van der Waals surface area contributed by atoms with E-state index >= 15 is 0 Å². The third kappa shape index (κ3) is 3.93. The fourth-order valence-corrected chi connectivity index (χ4v) is 3.04. The largest absolute Gasteiger partial charge is 0.260 e. The zero-order valence-electron chi connectivity index (χ0n) is 13.2. The van der Waals surface area contributed by atoms with Crippen molar-refractivity contribution >= 4 is 10.0 Å². The van der Waals surface area contributed by atoms with Crippen molar-refractivity contribution in [3.05, 3.63) is 59.9 Å². The van der Waals surface area contributed by atoms with Gasteiger partial charge in [0.15, 0.2) is 0 Å². The molecule has 0 saturated heterocycles. The van der Waals surface area contributed by atoms with E-state index in [2.05, 4.69) is 30.5 Å². The SMILES string of the molecule is CCC(C)(C)c1ccc(S(=O)(=O)NCc2ccccn2)cc1. The third-order valence-electron chi connectivity index (χ3n) is 4.00. The molecule has 0 atom stereocenters. The maximum absolute atomic E-state index is 12.3. The zero-order chi connectivity index (χ0) is 16.2. The lowest BCUT2D eigenvalue weighted by Crippen LogP contribution is -2.24. The molecule has 1 aromatic carbocycles. The third-order valence-corrected chi connectivity index (χ3v) is 5.42. The standard InChI is InChI=1S/C17H22N2O2S/c1-4-17(2,3)14-8-10-16(11-9-14)22(20,21)19-13-15-7-5-6-12-18-15/h5-12,19H,4,13H2,1-3H3. The van der Waals surface area contributed by atoms with E-state index in [1.54, 1.807) is 30.5 Å². The fourth-order valence-electron chi connectivity index (χ4n) is 2.04. The Kier molecular flexibility index (Phi) is 4.98. The molecule has 0 radical (unpaired) electrons. The van der Waals surface area contributed by atoms with Crippen molar-refractivity contribution < 1.29 is 8.42 Å². The summed E-state index contributed by atoms with van der Waals surface area (Å²) in [4.78, 5) is 4.38. The summed E-state index contributed by atoms with van der Waals surface area (Å²) in [5.74, 6) is 0. The van der Waals surface area contributed by atoms with Crippen molar-refractivity contribution in [2.24, 2.45) is 0 Å². The van der Waals surface area contributed by atoms with Gasteiger partial charge in [0.1, 0.15) is 0 Å². The number of nitrogens with zero attached hydrogens (tertiary/aromatic N) is 1. The van der Waals surface area contributed by atoms with Gasteiger partial charge in [0.05, 0.1) is 17.1 Å². The summed E-state index contributed by atoms with van der Waals surface area (Å²) in [5.41, 5.74) is 1.87. The molecule has 2 aromatic rings. The first-order valence-electron chi connectivity index (χ1n) is 7.35. The van der Waals surface area contributed by atoms with Gasteiger partial charge in [0.2, 0.25) is 10.0 Å². The van der Waals surface area contributed by atoms with Crippen LogP contribution in [0.25, 0.3) is 0 Å². The summed E-state index contributed by atoms with van der Waals surface area (Å²) in [6.07, 6.45) is 2.64. The van der Waals surface area contributed by atoms with Crippen LogP contribution in [0.4, 0.5) is 0 Å². The molecule has 5 heteroatoms. The van der Waals surface area contributed by atoms with Crippen LogP contribution in [0.1, 0.15) is 38.4 Å². The minimum Gasteiger partial charge on any atom is -0.260 e. The number of pyridine rings is 1. The highest BCUT2D eigenvalue weighted by Crippen LogP contribution is 2.27. The van der Waals surface area contributed by atoms with Gasteiger partial charge < -0.3 is 0 Å². The second-order valence-electron chi connectivity index (χ2n) is 5.91. The van der Waals surface area contributed by atoms with Crippen LogP contribution in [0, 0.1) is 0 Å². The van der Waals surface area contributed by atoms with Crippen LogP contribution in [0.2, 0.25) is 0 Å². The van der Waals surface area contributed by atoms with Crippen molar-refractivity contribution in [1.29, 1.82) is 0 Å². The molecular formula is C17H22N2O2S. The zero-order valence-corrected chi connectivity index (χ0v) is 14.0. The molecule has 0 spiro atoms. The molecule has 22 heavy (non-hydrogen) atoms. The van der Waals surface area contributed by atoms with Crippen molar-refractivity contribution in [3.8, 4) is 0 Å². The molecule has 0 fully saturated rings. The highest BCUT2D eigenvalue weighted by atomic mass is 32.2. The quantitative estimate of drug-likeness (QED) is 0.889. The lowest BCUT2D eigenvalue weighted by molar-refractivity contribution is 0.505. The highest BCUT2D eigenvalue weighted by Gasteiger charge is 2.19. The lowest BCUT2D eigenvalue weighted by atomic mass is 9.82. The minimum atomic E-state index is -3.52. The predicted molar refractivity (Wildman–Crippen MR) is 88.0 cm³/mol. The normalized spacial score (nSPS) is 12.3. The van der Waals surface area contributed by atoms with E-state index in [0.29, 0.717) is 5.69 Å². The first-order chi connectivity index (χ1) is 10.3. The molecule has 0 amide bonds. The van der Waals surface area contributed by atoms with Crippen LogP contribution < -0.4 is 4.72 Å². The molecule has 118 valence electrons. The summed E-state index contributed by atoms with van der Waals surface area (Å²) >= 11 is 0. The number of sulfonamides is 1. The number of hydrogen-bond acceptors (Lipinski definition) is 3. The molecule has 1 N–H and O–H groups in total. The maximum Gasteiger partial charge on any atom is 0.240 e. The summed E-state index contributed by atoms with van der Waals surface area (Å²) in [6, 6.07) is 12.5. The summed E-state index contributed by atoms with van der Waals surface area (Å²) in [5, 5.41) is 0. The summed E-state index contributed by atoms with van der Waals surface area (Å²) < 4.78 is 27.2. The molecule has 1 heterocycles. The molecular weight excluding hydrogens is 296 g/mol. The Morgan fingerprint density at radius 1 is 1.09 bits per heavy atom. The van der Waals surface area contributed by atoms with E-state index in [4.69, 9.17) is 0 Å². The summed E-state index contributed by atoms with van der Waals surface area (Å²) in [7, 11) is -3.52. The van der Waals surface area contributed by atoms with E-state index in [1.807, 2.05) is 18.2 Å². The average molecular weight is 318 g/mol. The van der Waals surface area contributed by atoms with Gasteiger partial charge in [-0.15, -0.1) is 0 Å². The van der Waals surface area contributed by atoms with Gasteiger partial charge in [-0.3, -0.25) is 4.98 Å². The smallest absolute Gasteiger partial charge is 0.240 e. The van der Waals surface area contributed by atoms with Crippen molar-refractivity contribution in [2.45, 2.75) is 44.0 Å². The average Bonchev–Trinajstić information content (AvgIpc) is 2.54. The topological polar surface area (TPSA) is 59.1 Å². The number of hydrogen-bond donors (Lipinski definition) is 1. The maximum atomic E-state index is 12.3.